The SMILES string of the molecule is C=C/C=C(\C=C(/C)NC(=O)O/N=C(/C)CC)NC(=O)OCC(CC)(COC(=O)NC(/C=C\C)=C/C(=C\C)NC(=O)O/N=C(/C)CC)COC(=O)Nc1cccc(NC(=O)O/N=C(/C)CC)c1.CC.CC.CC. The van der Waals surface area contributed by atoms with Crippen molar-refractivity contribution in [3.8, 4) is 0 Å². The molecular formula is C51H81N9O12. The Morgan fingerprint density at radius 3 is 1.42 bits per heavy atom. The molecule has 0 aliphatic carbocycles. The summed E-state index contributed by atoms with van der Waals surface area (Å²) in [5.74, 6) is 0. The normalized spacial score (nSPS) is 12.8. The van der Waals surface area contributed by atoms with Crippen LogP contribution in [0.1, 0.15) is 136 Å². The number of nitrogens with zero attached hydrogens (tertiary/aromatic N) is 3. The summed E-state index contributed by atoms with van der Waals surface area (Å²) in [6.07, 6.45) is 6.98. The lowest BCUT2D eigenvalue weighted by Gasteiger charge is -2.31. The predicted octanol–water partition coefficient (Wildman–Crippen LogP) is 12.9. The fourth-order valence-electron chi connectivity index (χ4n) is 4.43. The Bertz CT molecular complexity index is 2110. The number of hydrogen-bond donors (Lipinski definition) is 6. The number of carbonyl (C=O) groups excluding carboxylic acids is 6. The number of allylic oxidation sites excluding steroid dienone is 8. The van der Waals surface area contributed by atoms with Gasteiger partial charge >= 0.3 is 36.6 Å². The van der Waals surface area contributed by atoms with E-state index in [9.17, 15) is 28.8 Å². The summed E-state index contributed by atoms with van der Waals surface area (Å²) < 4.78 is 16.8. The second-order valence-corrected chi connectivity index (χ2v) is 14.1. The predicted molar refractivity (Wildman–Crippen MR) is 285 cm³/mol. The molecule has 1 aromatic rings. The minimum absolute atomic E-state index is 0.148. The second kappa shape index (κ2) is 42.2. The zero-order chi connectivity index (χ0) is 55.5. The Balaban J connectivity index is -0.00000762. The number of oxime groups is 3. The van der Waals surface area contributed by atoms with Gasteiger partial charge in [0.15, 0.2) is 0 Å². The molecule has 0 aliphatic heterocycles. The van der Waals surface area contributed by atoms with Crippen molar-refractivity contribution in [1.29, 1.82) is 0 Å². The van der Waals surface area contributed by atoms with E-state index in [0.717, 1.165) is 0 Å². The lowest BCUT2D eigenvalue weighted by molar-refractivity contribution is -0.0143. The average Bonchev–Trinajstić information content (AvgIpc) is 3.38. The zero-order valence-corrected chi connectivity index (χ0v) is 45.2. The van der Waals surface area contributed by atoms with Crippen molar-refractivity contribution < 1.29 is 57.5 Å². The summed E-state index contributed by atoms with van der Waals surface area (Å²) in [7, 11) is 0. The van der Waals surface area contributed by atoms with Gasteiger partial charge in [0, 0.05) is 34.2 Å². The van der Waals surface area contributed by atoms with Gasteiger partial charge in [-0.25, -0.2) is 28.8 Å². The molecule has 0 saturated carbocycles. The maximum atomic E-state index is 13.3. The van der Waals surface area contributed by atoms with Crippen LogP contribution in [-0.2, 0) is 28.7 Å². The maximum absolute atomic E-state index is 13.3. The molecule has 6 amide bonds. The van der Waals surface area contributed by atoms with Crippen molar-refractivity contribution in [3.63, 3.8) is 0 Å². The number of ether oxygens (including phenoxy) is 3. The van der Waals surface area contributed by atoms with Gasteiger partial charge in [-0.15, -0.1) is 0 Å². The van der Waals surface area contributed by atoms with E-state index in [1.165, 1.54) is 30.4 Å². The Hall–Kier alpha value is -7.71. The van der Waals surface area contributed by atoms with Crippen LogP contribution < -0.4 is 31.9 Å². The molecule has 1 aromatic carbocycles. The highest BCUT2D eigenvalue weighted by Crippen LogP contribution is 2.25. The average molecular weight is 1010 g/mol. The highest BCUT2D eigenvalue weighted by Gasteiger charge is 2.35. The zero-order valence-electron chi connectivity index (χ0n) is 45.2. The van der Waals surface area contributed by atoms with Gasteiger partial charge in [0.2, 0.25) is 0 Å². The van der Waals surface area contributed by atoms with Crippen molar-refractivity contribution in [3.05, 3.63) is 96.2 Å². The Labute approximate surface area is 426 Å². The van der Waals surface area contributed by atoms with Crippen LogP contribution in [0.3, 0.4) is 0 Å². The van der Waals surface area contributed by atoms with Gasteiger partial charge < -0.3 is 14.2 Å². The van der Waals surface area contributed by atoms with E-state index in [1.807, 2.05) is 62.3 Å². The number of carbonyl (C=O) groups is 6. The molecule has 1 atom stereocenters. The van der Waals surface area contributed by atoms with E-state index in [4.69, 9.17) is 28.7 Å². The number of hydrogen-bond acceptors (Lipinski definition) is 15. The third-order valence-electron chi connectivity index (χ3n) is 8.70. The standard InChI is InChI=1S/C45H63N9O12.3C2H6/c1-12-20-35(24-33(11)46-42(58)64-52-30(8)14-3)48-39(55)61-27-45(18-7,29-63-41(57)50-37-22-19-23-38(26-37)51-44(60)66-54-32(10)16-5)28-62-40(56)49-36(21-13-2)25-34(17-6)47-43(59)65-53-31(9)15-4;3*1-2/h12-13,17,19-26H,1,14-16,18,27-29H2,2-11H3,(H,46,58)(H,47,59)(H,48,55)(H,49,56)(H,50,57)(H,51,60);3*1-2H3/b21-13-,33-24+,34-17+,35-20+,36-25+,52-30-,53-31-,54-32-;;;. The van der Waals surface area contributed by atoms with Crippen LogP contribution in [0.25, 0.3) is 0 Å². The highest BCUT2D eigenvalue weighted by atomic mass is 16.7. The van der Waals surface area contributed by atoms with E-state index in [-0.39, 0.29) is 40.6 Å². The van der Waals surface area contributed by atoms with Gasteiger partial charge in [0.1, 0.15) is 19.8 Å². The van der Waals surface area contributed by atoms with E-state index in [0.29, 0.717) is 36.4 Å². The highest BCUT2D eigenvalue weighted by molar-refractivity contribution is 5.89. The first kappa shape index (κ1) is 68.6. The Morgan fingerprint density at radius 1 is 0.569 bits per heavy atom. The molecule has 0 aromatic heterocycles. The minimum Gasteiger partial charge on any atom is -0.448 e. The second-order valence-electron chi connectivity index (χ2n) is 14.1. The minimum atomic E-state index is -1.33. The van der Waals surface area contributed by atoms with E-state index < -0.39 is 61.8 Å². The van der Waals surface area contributed by atoms with Crippen LogP contribution in [0.5, 0.6) is 0 Å². The number of benzene rings is 1. The molecule has 6 N–H and O–H groups in total. The maximum Gasteiger partial charge on any atom is 0.437 e. The summed E-state index contributed by atoms with van der Waals surface area (Å²) >= 11 is 0. The molecular weight excluding hydrogens is 931 g/mol. The number of rotatable bonds is 23. The monoisotopic (exact) mass is 1010 g/mol. The van der Waals surface area contributed by atoms with E-state index in [1.54, 1.807) is 84.9 Å². The van der Waals surface area contributed by atoms with E-state index >= 15 is 0 Å². The van der Waals surface area contributed by atoms with Crippen LogP contribution in [0.15, 0.2) is 112 Å². The van der Waals surface area contributed by atoms with Crippen molar-refractivity contribution in [2.24, 2.45) is 20.9 Å². The summed E-state index contributed by atoms with van der Waals surface area (Å²) in [6, 6.07) is 6.13. The molecule has 402 valence electrons. The molecule has 0 bridgehead atoms. The third kappa shape index (κ3) is 32.9. The molecule has 21 nitrogen and oxygen atoms in total. The topological polar surface area (TPSA) is 267 Å². The van der Waals surface area contributed by atoms with Crippen LogP contribution in [0, 0.1) is 5.41 Å². The summed E-state index contributed by atoms with van der Waals surface area (Å²) in [5.41, 5.74) is 1.93. The van der Waals surface area contributed by atoms with Crippen LogP contribution in [-0.4, -0.2) is 73.5 Å². The summed E-state index contributed by atoms with van der Waals surface area (Å²) in [5, 5.41) is 26.4. The smallest absolute Gasteiger partial charge is 0.437 e. The van der Waals surface area contributed by atoms with Crippen LogP contribution >= 0.6 is 0 Å². The molecule has 21 heteroatoms. The summed E-state index contributed by atoms with van der Waals surface area (Å²) in [6.45, 7) is 31.6. The number of amides is 6. The fourth-order valence-corrected chi connectivity index (χ4v) is 4.43. The Morgan fingerprint density at radius 2 is 0.986 bits per heavy atom. The van der Waals surface area contributed by atoms with Crippen molar-refractivity contribution >= 4 is 65.1 Å². The van der Waals surface area contributed by atoms with E-state index in [2.05, 4.69) is 53.9 Å². The lowest BCUT2D eigenvalue weighted by Crippen LogP contribution is -2.41. The first-order chi connectivity index (χ1) is 34.4. The molecule has 0 heterocycles. The molecule has 0 aliphatic rings. The van der Waals surface area contributed by atoms with Gasteiger partial charge in [-0.1, -0.05) is 116 Å². The summed E-state index contributed by atoms with van der Waals surface area (Å²) in [4.78, 5) is 90.9. The number of alkyl carbamates (subject to hydrolysis) is 2. The van der Waals surface area contributed by atoms with Crippen molar-refractivity contribution in [2.75, 3.05) is 30.5 Å². The molecule has 0 saturated heterocycles. The first-order valence-electron chi connectivity index (χ1n) is 23.9. The van der Waals surface area contributed by atoms with Crippen LogP contribution in [0.2, 0.25) is 0 Å². The largest absolute Gasteiger partial charge is 0.448 e. The van der Waals surface area contributed by atoms with Gasteiger partial charge in [-0.2, -0.15) is 0 Å². The van der Waals surface area contributed by atoms with Crippen molar-refractivity contribution in [1.82, 2.24) is 21.3 Å². The molecule has 0 spiro atoms. The van der Waals surface area contributed by atoms with Crippen LogP contribution in [0.4, 0.5) is 40.1 Å². The molecule has 1 rings (SSSR count). The van der Waals surface area contributed by atoms with Gasteiger partial charge in [-0.05, 0) is 110 Å². The van der Waals surface area contributed by atoms with Gasteiger partial charge in [0.05, 0.1) is 22.6 Å². The first-order valence-corrected chi connectivity index (χ1v) is 23.9. The fraction of sp³-hybridized carbons (Fsp3) is 0.471. The quantitative estimate of drug-likeness (QED) is 0.0196. The number of anilines is 2. The number of nitrogens with one attached hydrogen (secondary N) is 6. The molecule has 72 heavy (non-hydrogen) atoms. The molecule has 1 unspecified atom stereocenters. The molecule has 0 radical (unpaired) electrons. The Kier molecular flexibility index (Phi) is 40.2. The molecule has 0 fully saturated rings. The third-order valence-corrected chi connectivity index (χ3v) is 8.70. The van der Waals surface area contributed by atoms with Crippen molar-refractivity contribution in [2.45, 2.75) is 136 Å². The van der Waals surface area contributed by atoms with Gasteiger partial charge in [-0.3, -0.25) is 46.4 Å². The van der Waals surface area contributed by atoms with Gasteiger partial charge in [0.25, 0.3) is 0 Å². The lowest BCUT2D eigenvalue weighted by atomic mass is 9.88.